The quantitative estimate of drug-likeness (QED) is 0.581. The van der Waals surface area contributed by atoms with E-state index < -0.39 is 0 Å². The number of ether oxygens (including phenoxy) is 2. The number of rotatable bonds is 8. The van der Waals surface area contributed by atoms with Crippen molar-refractivity contribution < 1.29 is 14.3 Å². The van der Waals surface area contributed by atoms with Gasteiger partial charge in [0.2, 0.25) is 5.88 Å². The fourth-order valence-electron chi connectivity index (χ4n) is 3.65. The number of nitrogens with one attached hydrogen (secondary N) is 1. The minimum atomic E-state index is -0.141. The molecule has 0 radical (unpaired) electrons. The third-order valence-electron chi connectivity index (χ3n) is 5.27. The number of nitrogens with zero attached hydrogens (tertiary/aromatic N) is 1. The van der Waals surface area contributed by atoms with Crippen LogP contribution in [0.4, 0.5) is 0 Å². The van der Waals surface area contributed by atoms with Crippen LogP contribution in [0.1, 0.15) is 47.2 Å². The van der Waals surface area contributed by atoms with Crippen molar-refractivity contribution in [3.8, 4) is 11.6 Å². The van der Waals surface area contributed by atoms with Gasteiger partial charge in [-0.2, -0.15) is 0 Å². The maximum absolute atomic E-state index is 12.9. The molecule has 1 aliphatic carbocycles. The molecule has 0 saturated heterocycles. The molecule has 0 atom stereocenters. The molecule has 2 aromatic carbocycles. The zero-order chi connectivity index (χ0) is 20.6. The van der Waals surface area contributed by atoms with Gasteiger partial charge in [-0.25, -0.2) is 4.98 Å². The molecule has 1 aromatic heterocycles. The van der Waals surface area contributed by atoms with Gasteiger partial charge in [-0.3, -0.25) is 4.79 Å². The van der Waals surface area contributed by atoms with Crippen molar-refractivity contribution in [2.24, 2.45) is 0 Å². The molecule has 5 heteroatoms. The number of para-hydroxylation sites is 1. The standard InChI is InChI=1S/C25H26N2O3/c28-24(23-15-7-4-9-20(23)18-29-21-11-2-1-3-12-21)27-17-19-10-8-16-26-25(19)30-22-13-5-6-14-22/h1-4,7-12,15-16,22H,5-6,13-14,17-18H2,(H,27,28). The van der Waals surface area contributed by atoms with Crippen LogP contribution in [0.3, 0.4) is 0 Å². The van der Waals surface area contributed by atoms with Crippen LogP contribution in [0.5, 0.6) is 11.6 Å². The van der Waals surface area contributed by atoms with E-state index in [1.165, 1.54) is 12.8 Å². The van der Waals surface area contributed by atoms with Crippen molar-refractivity contribution in [2.45, 2.75) is 44.9 Å². The van der Waals surface area contributed by atoms with Crippen LogP contribution >= 0.6 is 0 Å². The summed E-state index contributed by atoms with van der Waals surface area (Å²) in [6.45, 7) is 0.694. The summed E-state index contributed by atoms with van der Waals surface area (Å²) in [4.78, 5) is 17.3. The molecule has 1 amide bonds. The Morgan fingerprint density at radius 2 is 1.67 bits per heavy atom. The normalized spacial score (nSPS) is 13.7. The second kappa shape index (κ2) is 9.92. The van der Waals surface area contributed by atoms with Crippen LogP contribution in [-0.2, 0) is 13.2 Å². The Morgan fingerprint density at radius 3 is 2.50 bits per heavy atom. The van der Waals surface area contributed by atoms with E-state index in [9.17, 15) is 4.79 Å². The number of hydrogen-bond donors (Lipinski definition) is 1. The molecule has 1 aliphatic rings. The number of aromatic nitrogens is 1. The molecule has 1 fully saturated rings. The fraction of sp³-hybridized carbons (Fsp3) is 0.280. The Bertz CT molecular complexity index is 969. The molecule has 1 heterocycles. The third-order valence-corrected chi connectivity index (χ3v) is 5.27. The maximum Gasteiger partial charge on any atom is 0.251 e. The topological polar surface area (TPSA) is 60.5 Å². The minimum Gasteiger partial charge on any atom is -0.489 e. The summed E-state index contributed by atoms with van der Waals surface area (Å²) >= 11 is 0. The Morgan fingerprint density at radius 1 is 0.933 bits per heavy atom. The van der Waals surface area contributed by atoms with Crippen molar-refractivity contribution in [3.05, 3.63) is 89.6 Å². The van der Waals surface area contributed by atoms with Crippen LogP contribution < -0.4 is 14.8 Å². The van der Waals surface area contributed by atoms with Gasteiger partial charge in [0.05, 0.1) is 0 Å². The van der Waals surface area contributed by atoms with Crippen molar-refractivity contribution >= 4 is 5.91 Å². The number of carbonyl (C=O) groups is 1. The highest BCUT2D eigenvalue weighted by atomic mass is 16.5. The van der Waals surface area contributed by atoms with Gasteiger partial charge < -0.3 is 14.8 Å². The lowest BCUT2D eigenvalue weighted by Gasteiger charge is -2.16. The van der Waals surface area contributed by atoms with Crippen LogP contribution in [0.25, 0.3) is 0 Å². The van der Waals surface area contributed by atoms with Crippen LogP contribution in [0, 0.1) is 0 Å². The number of carbonyl (C=O) groups excluding carboxylic acids is 1. The Hall–Kier alpha value is -3.34. The molecule has 154 valence electrons. The summed E-state index contributed by atoms with van der Waals surface area (Å²) in [5, 5.41) is 3.00. The average Bonchev–Trinajstić information content (AvgIpc) is 3.31. The van der Waals surface area contributed by atoms with Crippen molar-refractivity contribution in [2.75, 3.05) is 0 Å². The molecule has 0 unspecified atom stereocenters. The molecule has 1 saturated carbocycles. The van der Waals surface area contributed by atoms with Gasteiger partial charge in [0.15, 0.2) is 0 Å². The van der Waals surface area contributed by atoms with Gasteiger partial charge in [0, 0.05) is 29.4 Å². The molecule has 3 aromatic rings. The summed E-state index contributed by atoms with van der Waals surface area (Å²) in [6.07, 6.45) is 6.49. The molecular weight excluding hydrogens is 376 g/mol. The van der Waals surface area contributed by atoms with Gasteiger partial charge in [-0.15, -0.1) is 0 Å². The third kappa shape index (κ3) is 5.17. The summed E-state index contributed by atoms with van der Waals surface area (Å²) < 4.78 is 11.9. The molecule has 4 rings (SSSR count). The number of hydrogen-bond acceptors (Lipinski definition) is 4. The van der Waals surface area contributed by atoms with Gasteiger partial charge in [0.25, 0.3) is 5.91 Å². The smallest absolute Gasteiger partial charge is 0.251 e. The highest BCUT2D eigenvalue weighted by Gasteiger charge is 2.19. The monoisotopic (exact) mass is 402 g/mol. The molecular formula is C25H26N2O3. The number of benzene rings is 2. The van der Waals surface area contributed by atoms with E-state index >= 15 is 0 Å². The van der Waals surface area contributed by atoms with Crippen LogP contribution in [-0.4, -0.2) is 17.0 Å². The second-order valence-electron chi connectivity index (χ2n) is 7.43. The van der Waals surface area contributed by atoms with E-state index in [0.717, 1.165) is 29.7 Å². The summed E-state index contributed by atoms with van der Waals surface area (Å²) in [6, 6.07) is 20.9. The largest absolute Gasteiger partial charge is 0.489 e. The Kier molecular flexibility index (Phi) is 6.60. The summed E-state index contributed by atoms with van der Waals surface area (Å²) in [5.41, 5.74) is 2.33. The lowest BCUT2D eigenvalue weighted by molar-refractivity contribution is 0.0947. The lowest BCUT2D eigenvalue weighted by atomic mass is 10.1. The van der Waals surface area contributed by atoms with E-state index in [0.29, 0.717) is 24.6 Å². The fourth-order valence-corrected chi connectivity index (χ4v) is 3.65. The first-order valence-corrected chi connectivity index (χ1v) is 10.4. The van der Waals surface area contributed by atoms with Crippen molar-refractivity contribution in [1.82, 2.24) is 10.3 Å². The molecule has 0 aliphatic heterocycles. The predicted octanol–water partition coefficient (Wildman–Crippen LogP) is 4.91. The van der Waals surface area contributed by atoms with Gasteiger partial charge >= 0.3 is 0 Å². The van der Waals surface area contributed by atoms with Crippen LogP contribution in [0.15, 0.2) is 72.9 Å². The van der Waals surface area contributed by atoms with Gasteiger partial charge in [-0.05, 0) is 49.9 Å². The first-order chi connectivity index (χ1) is 14.8. The van der Waals surface area contributed by atoms with Crippen molar-refractivity contribution in [1.29, 1.82) is 0 Å². The Balaban J connectivity index is 1.40. The average molecular weight is 402 g/mol. The Labute approximate surface area is 177 Å². The van der Waals surface area contributed by atoms with E-state index in [-0.39, 0.29) is 12.0 Å². The molecule has 1 N–H and O–H groups in total. The summed E-state index contributed by atoms with van der Waals surface area (Å²) in [5.74, 6) is 1.25. The lowest BCUT2D eigenvalue weighted by Crippen LogP contribution is -2.25. The number of amides is 1. The number of pyridine rings is 1. The summed E-state index contributed by atoms with van der Waals surface area (Å²) in [7, 11) is 0. The van der Waals surface area contributed by atoms with Crippen molar-refractivity contribution in [3.63, 3.8) is 0 Å². The minimum absolute atomic E-state index is 0.141. The highest BCUT2D eigenvalue weighted by Crippen LogP contribution is 2.25. The van der Waals surface area contributed by atoms with E-state index in [4.69, 9.17) is 9.47 Å². The van der Waals surface area contributed by atoms with E-state index in [1.54, 1.807) is 6.20 Å². The zero-order valence-electron chi connectivity index (χ0n) is 16.9. The van der Waals surface area contributed by atoms with Gasteiger partial charge in [0.1, 0.15) is 18.5 Å². The predicted molar refractivity (Wildman–Crippen MR) is 116 cm³/mol. The molecule has 30 heavy (non-hydrogen) atoms. The maximum atomic E-state index is 12.9. The zero-order valence-corrected chi connectivity index (χ0v) is 16.9. The molecule has 5 nitrogen and oxygen atoms in total. The highest BCUT2D eigenvalue weighted by molar-refractivity contribution is 5.95. The SMILES string of the molecule is O=C(NCc1cccnc1OC1CCCC1)c1ccccc1COc1ccccc1. The first kappa shape index (κ1) is 20.0. The first-order valence-electron chi connectivity index (χ1n) is 10.4. The molecule has 0 bridgehead atoms. The molecule has 0 spiro atoms. The van der Waals surface area contributed by atoms with E-state index in [2.05, 4.69) is 10.3 Å². The van der Waals surface area contributed by atoms with Crippen LogP contribution in [0.2, 0.25) is 0 Å². The second-order valence-corrected chi connectivity index (χ2v) is 7.43. The van der Waals surface area contributed by atoms with Gasteiger partial charge in [-0.1, -0.05) is 42.5 Å². The van der Waals surface area contributed by atoms with E-state index in [1.807, 2.05) is 66.7 Å².